The highest BCUT2D eigenvalue weighted by atomic mass is 19.4. The van der Waals surface area contributed by atoms with E-state index in [1.54, 1.807) is 31.5 Å². The van der Waals surface area contributed by atoms with Gasteiger partial charge in [-0.25, -0.2) is 0 Å². The molecule has 6 nitrogen and oxygen atoms in total. The number of carbonyl (C=O) groups is 1. The molecule has 3 aromatic heterocycles. The number of pyridine rings is 3. The van der Waals surface area contributed by atoms with Gasteiger partial charge < -0.3 is 4.84 Å². The molecule has 1 unspecified atom stereocenters. The first-order chi connectivity index (χ1) is 18.7. The molecule has 198 valence electrons. The second kappa shape index (κ2) is 10.8. The first-order valence-corrected chi connectivity index (χ1v) is 12.5. The van der Waals surface area contributed by atoms with Crippen molar-refractivity contribution in [2.45, 2.75) is 44.9 Å². The fraction of sp³-hybridized carbons (Fsp3) is 0.233. The van der Waals surface area contributed by atoms with Gasteiger partial charge in [0, 0.05) is 48.1 Å². The fourth-order valence-corrected chi connectivity index (χ4v) is 4.39. The van der Waals surface area contributed by atoms with Crippen molar-refractivity contribution in [1.29, 1.82) is 0 Å². The van der Waals surface area contributed by atoms with E-state index in [9.17, 15) is 18.0 Å². The van der Waals surface area contributed by atoms with Gasteiger partial charge in [0.25, 0.3) is 0 Å². The number of aryl methyl sites for hydroxylation is 1. The topological polar surface area (TPSA) is 77.3 Å². The van der Waals surface area contributed by atoms with Crippen LogP contribution in [0.4, 0.5) is 13.2 Å². The molecule has 9 heteroatoms. The van der Waals surface area contributed by atoms with Crippen LogP contribution in [0.25, 0.3) is 11.3 Å². The van der Waals surface area contributed by atoms with Crippen molar-refractivity contribution in [3.05, 3.63) is 113 Å². The molecule has 2 atom stereocenters. The van der Waals surface area contributed by atoms with Crippen LogP contribution in [0.15, 0.2) is 84.4 Å². The average Bonchev–Trinajstić information content (AvgIpc) is 3.44. The Kier molecular flexibility index (Phi) is 7.24. The number of rotatable bonds is 7. The van der Waals surface area contributed by atoms with E-state index in [1.165, 1.54) is 12.3 Å². The predicted octanol–water partition coefficient (Wildman–Crippen LogP) is 7.11. The summed E-state index contributed by atoms with van der Waals surface area (Å²) in [6.45, 7) is 3.74. The Morgan fingerprint density at radius 2 is 1.82 bits per heavy atom. The minimum absolute atomic E-state index is 0.0940. The number of aromatic nitrogens is 3. The van der Waals surface area contributed by atoms with Gasteiger partial charge in [0.1, 0.15) is 5.69 Å². The van der Waals surface area contributed by atoms with Gasteiger partial charge in [0.2, 0.25) is 0 Å². The number of hydrogen-bond acceptors (Lipinski definition) is 6. The van der Waals surface area contributed by atoms with Crippen LogP contribution < -0.4 is 0 Å². The zero-order chi connectivity index (χ0) is 27.6. The Labute approximate surface area is 223 Å². The van der Waals surface area contributed by atoms with Crippen molar-refractivity contribution < 1.29 is 22.8 Å². The highest BCUT2D eigenvalue weighted by Crippen LogP contribution is 2.32. The first-order valence-electron chi connectivity index (χ1n) is 12.5. The third-order valence-corrected chi connectivity index (χ3v) is 6.62. The zero-order valence-electron chi connectivity index (χ0n) is 21.3. The number of hydrogen-bond donors (Lipinski definition) is 0. The molecule has 0 aliphatic carbocycles. The normalized spacial score (nSPS) is 15.9. The molecule has 0 bridgehead atoms. The molecule has 4 aromatic rings. The van der Waals surface area contributed by atoms with Crippen LogP contribution in [-0.4, -0.2) is 26.4 Å². The molecular formula is C30H25F3N4O2. The molecule has 0 N–H and O–H groups in total. The molecule has 0 saturated heterocycles. The number of nitrogens with zero attached hydrogens (tertiary/aromatic N) is 4. The second-order valence-corrected chi connectivity index (χ2v) is 9.61. The molecule has 0 radical (unpaired) electrons. The molecule has 5 rings (SSSR count). The maximum absolute atomic E-state index is 13.4. The van der Waals surface area contributed by atoms with E-state index < -0.39 is 11.9 Å². The highest BCUT2D eigenvalue weighted by molar-refractivity contribution is 6.05. The monoisotopic (exact) mass is 530 g/mol. The summed E-state index contributed by atoms with van der Waals surface area (Å²) in [5.74, 6) is -0.490. The van der Waals surface area contributed by atoms with Crippen molar-refractivity contribution in [3.8, 4) is 11.3 Å². The first kappa shape index (κ1) is 26.2. The number of halogens is 3. The Morgan fingerprint density at radius 1 is 1.00 bits per heavy atom. The molecule has 4 heterocycles. The van der Waals surface area contributed by atoms with Gasteiger partial charge in [-0.05, 0) is 66.4 Å². The van der Waals surface area contributed by atoms with Crippen LogP contribution >= 0.6 is 0 Å². The molecule has 39 heavy (non-hydrogen) atoms. The lowest BCUT2D eigenvalue weighted by molar-refractivity contribution is -0.141. The predicted molar refractivity (Wildman–Crippen MR) is 140 cm³/mol. The summed E-state index contributed by atoms with van der Waals surface area (Å²) >= 11 is 0. The molecule has 0 spiro atoms. The third-order valence-electron chi connectivity index (χ3n) is 6.62. The lowest BCUT2D eigenvalue weighted by atomic mass is 9.91. The molecule has 0 fully saturated rings. The summed E-state index contributed by atoms with van der Waals surface area (Å²) in [6, 6.07) is 17.2. The summed E-state index contributed by atoms with van der Waals surface area (Å²) in [5.41, 5.74) is 4.71. The van der Waals surface area contributed by atoms with E-state index in [0.717, 1.165) is 28.5 Å². The summed E-state index contributed by atoms with van der Waals surface area (Å²) in [4.78, 5) is 31.5. The molecule has 1 aliphatic heterocycles. The van der Waals surface area contributed by atoms with Crippen LogP contribution in [-0.2, 0) is 11.0 Å². The minimum atomic E-state index is -4.51. The molecule has 0 saturated carbocycles. The van der Waals surface area contributed by atoms with Crippen molar-refractivity contribution in [2.75, 3.05) is 0 Å². The smallest absolute Gasteiger partial charge is 0.385 e. The lowest BCUT2D eigenvalue weighted by Crippen LogP contribution is -2.10. The third kappa shape index (κ3) is 6.03. The standard InChI is InChI=1S/C30H25F3N4O2/c1-18-6-8-24(35-16-18)21-12-22(26-15-28(39-37-26)25-5-3-4-10-34-25)14-23(13-21)27(38)11-19(2)20-7-9-29(36-17-20)30(31,32)33/h3-10,12-14,16-17,19,28H,11,15H2,1-2H3/t19-,28?/m0/s1. The van der Waals surface area contributed by atoms with Gasteiger partial charge in [0.15, 0.2) is 11.9 Å². The van der Waals surface area contributed by atoms with Gasteiger partial charge in [-0.1, -0.05) is 30.3 Å². The van der Waals surface area contributed by atoms with Gasteiger partial charge in [0.05, 0.1) is 17.1 Å². The van der Waals surface area contributed by atoms with E-state index in [2.05, 4.69) is 20.1 Å². The van der Waals surface area contributed by atoms with E-state index in [-0.39, 0.29) is 24.2 Å². The highest BCUT2D eigenvalue weighted by Gasteiger charge is 2.32. The van der Waals surface area contributed by atoms with E-state index >= 15 is 0 Å². The number of alkyl halides is 3. The summed E-state index contributed by atoms with van der Waals surface area (Å²) in [7, 11) is 0. The Balaban J connectivity index is 1.42. The van der Waals surface area contributed by atoms with Gasteiger partial charge in [-0.15, -0.1) is 0 Å². The van der Waals surface area contributed by atoms with Crippen LogP contribution in [0.1, 0.15) is 70.2 Å². The number of benzene rings is 1. The maximum atomic E-state index is 13.4. The van der Waals surface area contributed by atoms with Crippen molar-refractivity contribution >= 4 is 11.5 Å². The quantitative estimate of drug-likeness (QED) is 0.238. The fourth-order valence-electron chi connectivity index (χ4n) is 4.39. The molecule has 1 aliphatic rings. The number of Topliss-reactive ketones (excluding diaryl/α,β-unsaturated/α-hetero) is 1. The Morgan fingerprint density at radius 3 is 2.49 bits per heavy atom. The maximum Gasteiger partial charge on any atom is 0.433 e. The van der Waals surface area contributed by atoms with E-state index in [1.807, 2.05) is 43.3 Å². The van der Waals surface area contributed by atoms with Crippen molar-refractivity contribution in [2.24, 2.45) is 5.16 Å². The van der Waals surface area contributed by atoms with Gasteiger partial charge in [-0.2, -0.15) is 13.2 Å². The van der Waals surface area contributed by atoms with Crippen LogP contribution in [0, 0.1) is 6.92 Å². The molecule has 1 aromatic carbocycles. The summed E-state index contributed by atoms with van der Waals surface area (Å²) in [5, 5.41) is 4.29. The minimum Gasteiger partial charge on any atom is -0.385 e. The second-order valence-electron chi connectivity index (χ2n) is 9.61. The molecular weight excluding hydrogens is 505 g/mol. The largest absolute Gasteiger partial charge is 0.433 e. The average molecular weight is 531 g/mol. The van der Waals surface area contributed by atoms with Crippen LogP contribution in [0.2, 0.25) is 0 Å². The van der Waals surface area contributed by atoms with Crippen LogP contribution in [0.5, 0.6) is 0 Å². The zero-order valence-corrected chi connectivity index (χ0v) is 21.3. The number of oxime groups is 1. The number of ketones is 1. The molecule has 0 amide bonds. The SMILES string of the molecule is Cc1ccc(-c2cc(C(=O)C[C@H](C)c3ccc(C(F)(F)F)nc3)cc(C3=NOC(c4ccccn4)C3)c2)nc1. The van der Waals surface area contributed by atoms with Gasteiger partial charge in [-0.3, -0.25) is 19.7 Å². The van der Waals surface area contributed by atoms with Gasteiger partial charge >= 0.3 is 6.18 Å². The lowest BCUT2D eigenvalue weighted by Gasteiger charge is -2.14. The summed E-state index contributed by atoms with van der Waals surface area (Å²) in [6.07, 6.45) is 0.386. The Bertz CT molecular complexity index is 1500. The number of carbonyl (C=O) groups excluding carboxylic acids is 1. The Hall–Kier alpha value is -4.40. The van der Waals surface area contributed by atoms with E-state index in [4.69, 9.17) is 4.84 Å². The van der Waals surface area contributed by atoms with Crippen molar-refractivity contribution in [3.63, 3.8) is 0 Å². The summed E-state index contributed by atoms with van der Waals surface area (Å²) < 4.78 is 38.7. The van der Waals surface area contributed by atoms with Crippen LogP contribution in [0.3, 0.4) is 0 Å². The van der Waals surface area contributed by atoms with Crippen molar-refractivity contribution in [1.82, 2.24) is 15.0 Å². The van der Waals surface area contributed by atoms with E-state index in [0.29, 0.717) is 29.0 Å².